The molecule has 0 radical (unpaired) electrons. The third-order valence-electron chi connectivity index (χ3n) is 10.4. The summed E-state index contributed by atoms with van der Waals surface area (Å²) < 4.78 is 2.43. The van der Waals surface area contributed by atoms with Crippen LogP contribution in [0, 0.1) is 0 Å². The zero-order valence-electron chi connectivity index (χ0n) is 28.5. The highest BCUT2D eigenvalue weighted by Crippen LogP contribution is 2.45. The van der Waals surface area contributed by atoms with E-state index < -0.39 is 0 Å². The predicted octanol–water partition coefficient (Wildman–Crippen LogP) is 13.9. The van der Waals surface area contributed by atoms with Crippen molar-refractivity contribution in [2.45, 2.75) is 0 Å². The molecule has 0 spiro atoms. The molecule has 0 aliphatic heterocycles. The molecule has 1 heterocycles. The molecular weight excluding hydrogens is 629 g/mol. The van der Waals surface area contributed by atoms with Crippen LogP contribution >= 0.6 is 0 Å². The first-order valence-corrected chi connectivity index (χ1v) is 17.9. The number of nitrogens with zero attached hydrogens (tertiary/aromatic N) is 2. The molecule has 1 aromatic heterocycles. The van der Waals surface area contributed by atoms with Crippen molar-refractivity contribution in [1.29, 1.82) is 0 Å². The van der Waals surface area contributed by atoms with Crippen molar-refractivity contribution < 1.29 is 0 Å². The largest absolute Gasteiger partial charge is 0.308 e. The van der Waals surface area contributed by atoms with E-state index >= 15 is 0 Å². The summed E-state index contributed by atoms with van der Waals surface area (Å²) in [4.78, 5) is 2.44. The Morgan fingerprint density at radius 3 is 1.63 bits per heavy atom. The van der Waals surface area contributed by atoms with Gasteiger partial charge < -0.3 is 9.47 Å². The number of aromatic nitrogens is 1. The highest BCUT2D eigenvalue weighted by atomic mass is 15.2. The average Bonchev–Trinajstić information content (AvgIpc) is 3.56. The molecule has 10 aromatic rings. The summed E-state index contributed by atoms with van der Waals surface area (Å²) in [7, 11) is 0. The Bertz CT molecular complexity index is 2850. The number of benzene rings is 9. The van der Waals surface area contributed by atoms with E-state index in [0.29, 0.717) is 0 Å². The molecule has 0 aliphatic carbocycles. The Hall–Kier alpha value is -6.90. The molecule has 52 heavy (non-hydrogen) atoms. The minimum Gasteiger partial charge on any atom is -0.308 e. The topological polar surface area (TPSA) is 8.17 Å². The molecule has 0 amide bonds. The molecule has 0 N–H and O–H groups in total. The van der Waals surface area contributed by atoms with E-state index in [1.54, 1.807) is 0 Å². The third kappa shape index (κ3) is 4.96. The first-order valence-electron chi connectivity index (χ1n) is 17.9. The second kappa shape index (κ2) is 12.5. The fourth-order valence-electron chi connectivity index (χ4n) is 7.95. The van der Waals surface area contributed by atoms with Gasteiger partial charge in [0.05, 0.1) is 28.1 Å². The van der Waals surface area contributed by atoms with Gasteiger partial charge in [0.15, 0.2) is 0 Å². The van der Waals surface area contributed by atoms with Gasteiger partial charge in [-0.1, -0.05) is 158 Å². The van der Waals surface area contributed by atoms with Gasteiger partial charge >= 0.3 is 0 Å². The lowest BCUT2D eigenvalue weighted by molar-refractivity contribution is 1.15. The van der Waals surface area contributed by atoms with E-state index in [1.165, 1.54) is 65.6 Å². The maximum Gasteiger partial charge on any atom is 0.0702 e. The SMILES string of the molecule is c1ccc(-c2ccc(N(c3ccccc3-n3c4ccccc4c4ccccc43)c3ccc(-c4ccc5ccccc5c4)c4ccccc34)cc2)cc1. The molecule has 0 bridgehead atoms. The Balaban J connectivity index is 1.23. The summed E-state index contributed by atoms with van der Waals surface area (Å²) in [5, 5.41) is 7.40. The lowest BCUT2D eigenvalue weighted by Crippen LogP contribution is -2.13. The van der Waals surface area contributed by atoms with Crippen LogP contribution in [0.4, 0.5) is 17.1 Å². The Labute approximate surface area is 303 Å². The normalized spacial score (nSPS) is 11.5. The molecule has 0 saturated carbocycles. The van der Waals surface area contributed by atoms with Crippen molar-refractivity contribution in [1.82, 2.24) is 4.57 Å². The van der Waals surface area contributed by atoms with E-state index in [2.05, 4.69) is 216 Å². The van der Waals surface area contributed by atoms with Crippen molar-refractivity contribution in [3.05, 3.63) is 206 Å². The smallest absolute Gasteiger partial charge is 0.0702 e. The van der Waals surface area contributed by atoms with Gasteiger partial charge in [-0.05, 0) is 86.9 Å². The molecule has 0 fully saturated rings. The maximum atomic E-state index is 2.44. The highest BCUT2D eigenvalue weighted by Gasteiger charge is 2.22. The molecule has 0 saturated heterocycles. The monoisotopic (exact) mass is 662 g/mol. The van der Waals surface area contributed by atoms with Gasteiger partial charge in [-0.15, -0.1) is 0 Å². The Kier molecular flexibility index (Phi) is 7.18. The molecule has 10 rings (SSSR count). The summed E-state index contributed by atoms with van der Waals surface area (Å²) >= 11 is 0. The summed E-state index contributed by atoms with van der Waals surface area (Å²) in [5.41, 5.74) is 11.6. The first kappa shape index (κ1) is 30.0. The molecule has 2 heteroatoms. The first-order chi connectivity index (χ1) is 25.8. The van der Waals surface area contributed by atoms with Gasteiger partial charge in [0.2, 0.25) is 0 Å². The standard InChI is InChI=1S/C50H34N2/c1-2-14-35(15-3-1)37-28-30-40(31-29-37)51(49-24-12-13-25-50(49)52-46-22-10-8-20-44(46)45-21-9-11-23-47(45)52)48-33-32-41(42-18-6-7-19-43(42)48)39-27-26-36-16-4-5-17-38(36)34-39/h1-34H. The fraction of sp³-hybridized carbons (Fsp3) is 0. The number of para-hydroxylation sites is 4. The van der Waals surface area contributed by atoms with Crippen LogP contribution in [0.5, 0.6) is 0 Å². The number of fused-ring (bicyclic) bond motifs is 5. The molecule has 244 valence electrons. The maximum absolute atomic E-state index is 2.44. The van der Waals surface area contributed by atoms with Gasteiger partial charge in [-0.3, -0.25) is 0 Å². The number of anilines is 3. The van der Waals surface area contributed by atoms with Crippen LogP contribution in [0.1, 0.15) is 0 Å². The van der Waals surface area contributed by atoms with E-state index in [4.69, 9.17) is 0 Å². The second-order valence-electron chi connectivity index (χ2n) is 13.3. The summed E-state index contributed by atoms with van der Waals surface area (Å²) in [6.07, 6.45) is 0. The minimum atomic E-state index is 1.09. The summed E-state index contributed by atoms with van der Waals surface area (Å²) in [6.45, 7) is 0. The van der Waals surface area contributed by atoms with Crippen molar-refractivity contribution in [3.63, 3.8) is 0 Å². The van der Waals surface area contributed by atoms with Crippen LogP contribution in [0.3, 0.4) is 0 Å². The predicted molar refractivity (Wildman–Crippen MR) is 221 cm³/mol. The zero-order valence-corrected chi connectivity index (χ0v) is 28.5. The van der Waals surface area contributed by atoms with Crippen molar-refractivity contribution in [2.24, 2.45) is 0 Å². The van der Waals surface area contributed by atoms with Gasteiger partial charge in [-0.25, -0.2) is 0 Å². The average molecular weight is 663 g/mol. The Morgan fingerprint density at radius 2 is 0.885 bits per heavy atom. The van der Waals surface area contributed by atoms with Crippen LogP contribution in [0.25, 0.3) is 71.3 Å². The van der Waals surface area contributed by atoms with Crippen LogP contribution in [0.2, 0.25) is 0 Å². The number of rotatable bonds is 6. The highest BCUT2D eigenvalue weighted by molar-refractivity contribution is 6.11. The molecule has 2 nitrogen and oxygen atoms in total. The van der Waals surface area contributed by atoms with E-state index in [-0.39, 0.29) is 0 Å². The lowest BCUT2D eigenvalue weighted by atomic mass is 9.94. The van der Waals surface area contributed by atoms with Gasteiger partial charge in [0, 0.05) is 21.8 Å². The lowest BCUT2D eigenvalue weighted by Gasteiger charge is -2.30. The number of hydrogen-bond acceptors (Lipinski definition) is 1. The minimum absolute atomic E-state index is 1.09. The van der Waals surface area contributed by atoms with Crippen LogP contribution < -0.4 is 4.90 Å². The van der Waals surface area contributed by atoms with Gasteiger partial charge in [-0.2, -0.15) is 0 Å². The van der Waals surface area contributed by atoms with Crippen LogP contribution in [0.15, 0.2) is 206 Å². The van der Waals surface area contributed by atoms with Crippen molar-refractivity contribution in [3.8, 4) is 27.9 Å². The zero-order chi connectivity index (χ0) is 34.4. The summed E-state index contributed by atoms with van der Waals surface area (Å²) in [5.74, 6) is 0. The molecule has 0 unspecified atom stereocenters. The molecule has 9 aromatic carbocycles. The Morgan fingerprint density at radius 1 is 0.327 bits per heavy atom. The third-order valence-corrected chi connectivity index (χ3v) is 10.4. The summed E-state index contributed by atoms with van der Waals surface area (Å²) in [6, 6.07) is 74.7. The van der Waals surface area contributed by atoms with Crippen LogP contribution in [-0.2, 0) is 0 Å². The molecule has 0 atom stereocenters. The quantitative estimate of drug-likeness (QED) is 0.172. The van der Waals surface area contributed by atoms with E-state index in [1.807, 2.05) is 0 Å². The molecule has 0 aliphatic rings. The van der Waals surface area contributed by atoms with E-state index in [9.17, 15) is 0 Å². The van der Waals surface area contributed by atoms with Crippen molar-refractivity contribution in [2.75, 3.05) is 4.90 Å². The van der Waals surface area contributed by atoms with Crippen molar-refractivity contribution >= 4 is 60.4 Å². The van der Waals surface area contributed by atoms with E-state index in [0.717, 1.165) is 22.7 Å². The van der Waals surface area contributed by atoms with Gasteiger partial charge in [0.25, 0.3) is 0 Å². The second-order valence-corrected chi connectivity index (χ2v) is 13.3. The van der Waals surface area contributed by atoms with Gasteiger partial charge in [0.1, 0.15) is 0 Å². The number of hydrogen-bond donors (Lipinski definition) is 0. The fourth-order valence-corrected chi connectivity index (χ4v) is 7.95. The van der Waals surface area contributed by atoms with Crippen LogP contribution in [-0.4, -0.2) is 4.57 Å². The molecular formula is C50H34N2.